The number of halogens is 1. The molecule has 1 saturated heterocycles. The summed E-state index contributed by atoms with van der Waals surface area (Å²) < 4.78 is 39.1. The van der Waals surface area contributed by atoms with Crippen molar-refractivity contribution >= 4 is 26.8 Å². The van der Waals surface area contributed by atoms with E-state index in [9.17, 15) is 17.6 Å². The molecular weight excluding hydrogens is 407 g/mol. The molecule has 0 aliphatic carbocycles. The van der Waals surface area contributed by atoms with Gasteiger partial charge in [0.25, 0.3) is 5.91 Å². The molecule has 0 unspecified atom stereocenters. The molecule has 0 bridgehead atoms. The van der Waals surface area contributed by atoms with Gasteiger partial charge in [0.05, 0.1) is 39.9 Å². The number of benzene rings is 1. The number of hydrogen-bond acceptors (Lipinski definition) is 5. The van der Waals surface area contributed by atoms with E-state index in [0.29, 0.717) is 40.0 Å². The standard InChI is InChI=1S/C21H23FN4O3S/c1-12(2)23-21(27)17-10-18(14-4-6-15(22)7-5-14)24-20-19(17)13(3)25-26(20)16-8-9-30(28,29)11-16/h4-7,10,12,16H,8-9,11H2,1-3H3,(H,23,27)/t16-/m0/s1. The Morgan fingerprint density at radius 1 is 1.27 bits per heavy atom. The Labute approximate surface area is 174 Å². The minimum absolute atomic E-state index is 0.000794. The molecule has 30 heavy (non-hydrogen) atoms. The molecule has 1 aromatic carbocycles. The Hall–Kier alpha value is -2.81. The Balaban J connectivity index is 1.94. The number of amides is 1. The first-order chi connectivity index (χ1) is 14.1. The second-order valence-corrected chi connectivity index (χ2v) is 10.2. The van der Waals surface area contributed by atoms with Gasteiger partial charge in [0, 0.05) is 11.6 Å². The zero-order chi connectivity index (χ0) is 21.6. The van der Waals surface area contributed by atoms with E-state index >= 15 is 0 Å². The summed E-state index contributed by atoms with van der Waals surface area (Å²) in [4.78, 5) is 17.7. The lowest BCUT2D eigenvalue weighted by atomic mass is 10.0. The zero-order valence-electron chi connectivity index (χ0n) is 17.0. The number of aromatic nitrogens is 3. The topological polar surface area (TPSA) is 93.9 Å². The maximum atomic E-state index is 13.4. The van der Waals surface area contributed by atoms with E-state index in [1.165, 1.54) is 12.1 Å². The lowest BCUT2D eigenvalue weighted by molar-refractivity contribution is 0.0944. The van der Waals surface area contributed by atoms with Crippen LogP contribution in [0.5, 0.6) is 0 Å². The van der Waals surface area contributed by atoms with Crippen LogP contribution in [0, 0.1) is 12.7 Å². The van der Waals surface area contributed by atoms with Crippen molar-refractivity contribution < 1.29 is 17.6 Å². The minimum atomic E-state index is -3.12. The fourth-order valence-corrected chi connectivity index (χ4v) is 5.52. The van der Waals surface area contributed by atoms with E-state index in [0.717, 1.165) is 0 Å². The number of sulfone groups is 1. The van der Waals surface area contributed by atoms with Crippen molar-refractivity contribution in [1.82, 2.24) is 20.1 Å². The molecule has 158 valence electrons. The summed E-state index contributed by atoms with van der Waals surface area (Å²) in [5.74, 6) is -0.521. The van der Waals surface area contributed by atoms with Gasteiger partial charge in [-0.2, -0.15) is 5.10 Å². The Morgan fingerprint density at radius 2 is 1.97 bits per heavy atom. The van der Waals surface area contributed by atoms with Crippen LogP contribution < -0.4 is 5.32 Å². The number of nitrogens with zero attached hydrogens (tertiary/aromatic N) is 3. The van der Waals surface area contributed by atoms with Crippen LogP contribution in [0.25, 0.3) is 22.3 Å². The van der Waals surface area contributed by atoms with E-state index in [-0.39, 0.29) is 35.3 Å². The molecule has 0 spiro atoms. The van der Waals surface area contributed by atoms with Crippen molar-refractivity contribution in [2.24, 2.45) is 0 Å². The number of fused-ring (bicyclic) bond motifs is 1. The summed E-state index contributed by atoms with van der Waals surface area (Å²) in [6.07, 6.45) is 0.453. The van der Waals surface area contributed by atoms with Crippen LogP contribution in [0.2, 0.25) is 0 Å². The number of carbonyl (C=O) groups excluding carboxylic acids is 1. The lowest BCUT2D eigenvalue weighted by Gasteiger charge is -2.13. The fourth-order valence-electron chi connectivity index (χ4n) is 3.82. The van der Waals surface area contributed by atoms with Crippen molar-refractivity contribution in [2.75, 3.05) is 11.5 Å². The summed E-state index contributed by atoms with van der Waals surface area (Å²) in [5.41, 5.74) is 2.64. The van der Waals surface area contributed by atoms with E-state index < -0.39 is 9.84 Å². The van der Waals surface area contributed by atoms with Gasteiger partial charge in [-0.05, 0) is 57.5 Å². The molecule has 4 rings (SSSR count). The van der Waals surface area contributed by atoms with Crippen molar-refractivity contribution in [1.29, 1.82) is 0 Å². The summed E-state index contributed by atoms with van der Waals surface area (Å²) in [5, 5.41) is 8.06. The molecule has 1 aliphatic rings. The minimum Gasteiger partial charge on any atom is -0.350 e. The van der Waals surface area contributed by atoms with Crippen LogP contribution in [0.3, 0.4) is 0 Å². The number of rotatable bonds is 4. The third kappa shape index (κ3) is 3.81. The highest BCUT2D eigenvalue weighted by molar-refractivity contribution is 7.91. The maximum absolute atomic E-state index is 13.4. The first-order valence-electron chi connectivity index (χ1n) is 9.82. The van der Waals surface area contributed by atoms with Gasteiger partial charge >= 0.3 is 0 Å². The van der Waals surface area contributed by atoms with Gasteiger partial charge in [0.15, 0.2) is 15.5 Å². The number of pyridine rings is 1. The highest BCUT2D eigenvalue weighted by Gasteiger charge is 2.32. The quantitative estimate of drug-likeness (QED) is 0.687. The van der Waals surface area contributed by atoms with Gasteiger partial charge in [-0.1, -0.05) is 0 Å². The molecule has 1 atom stereocenters. The van der Waals surface area contributed by atoms with Gasteiger partial charge in [0.2, 0.25) is 0 Å². The predicted octanol–water partition coefficient (Wildman–Crippen LogP) is 3.04. The molecule has 1 amide bonds. The van der Waals surface area contributed by atoms with E-state index in [4.69, 9.17) is 4.98 Å². The summed E-state index contributed by atoms with van der Waals surface area (Å²) in [7, 11) is -3.12. The predicted molar refractivity (Wildman–Crippen MR) is 113 cm³/mol. The van der Waals surface area contributed by atoms with Crippen LogP contribution in [0.4, 0.5) is 4.39 Å². The largest absolute Gasteiger partial charge is 0.350 e. The summed E-state index contributed by atoms with van der Waals surface area (Å²) >= 11 is 0. The molecule has 1 fully saturated rings. The molecule has 0 saturated carbocycles. The number of hydrogen-bond donors (Lipinski definition) is 1. The molecule has 3 aromatic rings. The van der Waals surface area contributed by atoms with E-state index in [2.05, 4.69) is 10.4 Å². The average Bonchev–Trinajstić information content (AvgIpc) is 3.20. The maximum Gasteiger partial charge on any atom is 0.252 e. The van der Waals surface area contributed by atoms with Gasteiger partial charge in [-0.3, -0.25) is 4.79 Å². The van der Waals surface area contributed by atoms with Crippen LogP contribution in [0.15, 0.2) is 30.3 Å². The van der Waals surface area contributed by atoms with Crippen molar-refractivity contribution in [3.8, 4) is 11.3 Å². The molecule has 0 radical (unpaired) electrons. The van der Waals surface area contributed by atoms with Gasteiger partial charge in [-0.15, -0.1) is 0 Å². The summed E-state index contributed by atoms with van der Waals surface area (Å²) in [6.45, 7) is 5.53. The zero-order valence-corrected chi connectivity index (χ0v) is 17.8. The van der Waals surface area contributed by atoms with Crippen molar-refractivity contribution in [2.45, 2.75) is 39.3 Å². The second-order valence-electron chi connectivity index (χ2n) is 7.98. The molecule has 1 N–H and O–H groups in total. The van der Waals surface area contributed by atoms with Gasteiger partial charge in [0.1, 0.15) is 5.82 Å². The van der Waals surface area contributed by atoms with Gasteiger partial charge < -0.3 is 5.32 Å². The van der Waals surface area contributed by atoms with E-state index in [1.54, 1.807) is 29.8 Å². The smallest absolute Gasteiger partial charge is 0.252 e. The van der Waals surface area contributed by atoms with Crippen molar-refractivity contribution in [3.05, 3.63) is 47.4 Å². The highest BCUT2D eigenvalue weighted by atomic mass is 32.2. The molecule has 9 heteroatoms. The Bertz CT molecular complexity index is 1230. The van der Waals surface area contributed by atoms with Gasteiger partial charge in [-0.25, -0.2) is 22.5 Å². The molecule has 3 heterocycles. The number of aryl methyl sites for hydroxylation is 1. The van der Waals surface area contributed by atoms with Crippen LogP contribution in [-0.2, 0) is 9.84 Å². The number of carbonyl (C=O) groups is 1. The third-order valence-electron chi connectivity index (χ3n) is 5.20. The Kier molecular flexibility index (Phi) is 5.09. The van der Waals surface area contributed by atoms with Crippen LogP contribution in [0.1, 0.15) is 42.4 Å². The Morgan fingerprint density at radius 3 is 2.57 bits per heavy atom. The SMILES string of the molecule is Cc1nn([C@H]2CCS(=O)(=O)C2)c2nc(-c3ccc(F)cc3)cc(C(=O)NC(C)C)c12. The molecular formula is C21H23FN4O3S. The van der Waals surface area contributed by atoms with Crippen LogP contribution in [-0.4, -0.2) is 46.6 Å². The highest BCUT2D eigenvalue weighted by Crippen LogP contribution is 2.32. The molecule has 7 nitrogen and oxygen atoms in total. The normalized spacial score (nSPS) is 18.2. The number of nitrogens with one attached hydrogen (secondary N) is 1. The third-order valence-corrected chi connectivity index (χ3v) is 6.95. The first kappa shape index (κ1) is 20.5. The average molecular weight is 431 g/mol. The van der Waals surface area contributed by atoms with Crippen molar-refractivity contribution in [3.63, 3.8) is 0 Å². The monoisotopic (exact) mass is 430 g/mol. The fraction of sp³-hybridized carbons (Fsp3) is 0.381. The van der Waals surface area contributed by atoms with Crippen LogP contribution >= 0.6 is 0 Å². The molecule has 1 aliphatic heterocycles. The first-order valence-corrected chi connectivity index (χ1v) is 11.6. The summed E-state index contributed by atoms with van der Waals surface area (Å²) in [6, 6.07) is 7.15. The van der Waals surface area contributed by atoms with E-state index in [1.807, 2.05) is 13.8 Å². The second kappa shape index (κ2) is 7.46. The molecule has 2 aromatic heterocycles. The lowest BCUT2D eigenvalue weighted by Crippen LogP contribution is -2.30.